The highest BCUT2D eigenvalue weighted by molar-refractivity contribution is 5.93. The molecule has 1 N–H and O–H groups in total. The maximum atomic E-state index is 11.7. The van der Waals surface area contributed by atoms with Crippen LogP contribution in [0.15, 0.2) is 29.6 Å². The number of hydrazone groups is 1. The van der Waals surface area contributed by atoms with Gasteiger partial charge < -0.3 is 0 Å². The predicted molar refractivity (Wildman–Crippen MR) is 77.0 cm³/mol. The van der Waals surface area contributed by atoms with Gasteiger partial charge >= 0.3 is 0 Å². The fourth-order valence-electron chi connectivity index (χ4n) is 1.79. The number of hydrogen-bond acceptors (Lipinski definition) is 2. The summed E-state index contributed by atoms with van der Waals surface area (Å²) in [5.74, 6) is -0.168. The summed E-state index contributed by atoms with van der Waals surface area (Å²) >= 11 is 0. The third-order valence-corrected chi connectivity index (χ3v) is 2.90. The number of carbonyl (C=O) groups excluding carboxylic acids is 1. The van der Waals surface area contributed by atoms with E-state index < -0.39 is 0 Å². The lowest BCUT2D eigenvalue weighted by Crippen LogP contribution is -2.29. The molecule has 1 rings (SSSR count). The molecule has 0 bridgehead atoms. The van der Waals surface area contributed by atoms with E-state index in [4.69, 9.17) is 0 Å². The van der Waals surface area contributed by atoms with Crippen LogP contribution in [0.1, 0.15) is 55.8 Å². The van der Waals surface area contributed by atoms with Crippen molar-refractivity contribution in [3.05, 3.63) is 30.1 Å². The van der Waals surface area contributed by atoms with Gasteiger partial charge in [-0.05, 0) is 18.9 Å². The molecule has 0 atom stereocenters. The summed E-state index contributed by atoms with van der Waals surface area (Å²) in [6, 6.07) is 3.61. The van der Waals surface area contributed by atoms with Crippen LogP contribution in [0.2, 0.25) is 0 Å². The Kier molecular flexibility index (Phi) is 7.47. The number of carbonyl (C=O) groups is 1. The molecule has 1 aromatic heterocycles. The summed E-state index contributed by atoms with van der Waals surface area (Å²) in [5, 5.41) is 3.96. The van der Waals surface area contributed by atoms with Crippen LogP contribution < -0.4 is 9.99 Å². The van der Waals surface area contributed by atoms with Gasteiger partial charge in [0.2, 0.25) is 0 Å². The Morgan fingerprint density at radius 1 is 1.37 bits per heavy atom. The van der Waals surface area contributed by atoms with E-state index in [-0.39, 0.29) is 5.91 Å². The Balaban J connectivity index is 2.19. The Morgan fingerprint density at radius 2 is 2.16 bits per heavy atom. The van der Waals surface area contributed by atoms with E-state index in [2.05, 4.69) is 17.5 Å². The highest BCUT2D eigenvalue weighted by atomic mass is 16.2. The summed E-state index contributed by atoms with van der Waals surface area (Å²) < 4.78 is 1.84. The van der Waals surface area contributed by atoms with Crippen molar-refractivity contribution in [3.8, 4) is 0 Å². The number of pyridine rings is 1. The number of amides is 1. The highest BCUT2D eigenvalue weighted by Crippen LogP contribution is 2.03. The molecule has 1 aromatic rings. The van der Waals surface area contributed by atoms with Gasteiger partial charge in [-0.2, -0.15) is 5.10 Å². The van der Waals surface area contributed by atoms with Gasteiger partial charge in [0.1, 0.15) is 12.6 Å². The molecule has 0 aromatic carbocycles. The monoisotopic (exact) mass is 262 g/mol. The Labute approximate surface area is 115 Å². The lowest BCUT2D eigenvalue weighted by Gasteiger charge is -1.98. The largest absolute Gasteiger partial charge is 0.277 e. The summed E-state index contributed by atoms with van der Waals surface area (Å²) in [4.78, 5) is 11.7. The SMILES string of the molecule is CCCCCCC/C=N\NC(=O)c1ccc[n+](C)c1. The zero-order valence-corrected chi connectivity index (χ0v) is 11.9. The maximum absolute atomic E-state index is 11.7. The number of nitrogens with one attached hydrogen (secondary N) is 1. The second kappa shape index (κ2) is 9.25. The molecule has 4 heteroatoms. The van der Waals surface area contributed by atoms with Gasteiger partial charge in [-0.15, -0.1) is 0 Å². The van der Waals surface area contributed by atoms with E-state index in [1.54, 1.807) is 18.5 Å². The van der Waals surface area contributed by atoms with Crippen LogP contribution in [0.5, 0.6) is 0 Å². The van der Waals surface area contributed by atoms with Gasteiger partial charge in [0.25, 0.3) is 5.91 Å². The van der Waals surface area contributed by atoms with Crippen LogP contribution in [-0.4, -0.2) is 12.1 Å². The number of rotatable bonds is 8. The summed E-state index contributed by atoms with van der Waals surface area (Å²) in [6.45, 7) is 2.21. The fourth-order valence-corrected chi connectivity index (χ4v) is 1.79. The Bertz CT molecular complexity index is 416. The van der Waals surface area contributed by atoms with E-state index in [0.717, 1.165) is 12.8 Å². The van der Waals surface area contributed by atoms with Crippen LogP contribution in [0.4, 0.5) is 0 Å². The quantitative estimate of drug-likeness (QED) is 0.333. The first kappa shape index (κ1) is 15.3. The summed E-state index contributed by atoms with van der Waals surface area (Å²) in [7, 11) is 1.89. The van der Waals surface area contributed by atoms with Crippen LogP contribution >= 0.6 is 0 Å². The molecular weight excluding hydrogens is 238 g/mol. The number of aryl methyl sites for hydroxylation is 1. The Morgan fingerprint density at radius 3 is 2.89 bits per heavy atom. The predicted octanol–water partition coefficient (Wildman–Crippen LogP) is 2.59. The minimum Gasteiger partial charge on any atom is -0.267 e. The molecule has 0 aliphatic carbocycles. The van der Waals surface area contributed by atoms with Crippen LogP contribution in [-0.2, 0) is 7.05 Å². The highest BCUT2D eigenvalue weighted by Gasteiger charge is 2.06. The van der Waals surface area contributed by atoms with Crippen molar-refractivity contribution in [2.24, 2.45) is 12.1 Å². The average Bonchev–Trinajstić information content (AvgIpc) is 2.41. The molecule has 4 nitrogen and oxygen atoms in total. The number of aromatic nitrogens is 1. The minimum atomic E-state index is -0.168. The third-order valence-electron chi connectivity index (χ3n) is 2.90. The molecule has 0 fully saturated rings. The lowest BCUT2D eigenvalue weighted by atomic mass is 10.1. The second-order valence-electron chi connectivity index (χ2n) is 4.71. The van der Waals surface area contributed by atoms with Gasteiger partial charge in [0.15, 0.2) is 12.4 Å². The molecule has 0 saturated heterocycles. The number of hydrogen-bond donors (Lipinski definition) is 1. The van der Waals surface area contributed by atoms with Crippen molar-refractivity contribution in [1.82, 2.24) is 5.43 Å². The van der Waals surface area contributed by atoms with Gasteiger partial charge in [-0.3, -0.25) is 4.79 Å². The smallest absolute Gasteiger partial charge is 0.267 e. The van der Waals surface area contributed by atoms with Gasteiger partial charge in [-0.25, -0.2) is 9.99 Å². The topological polar surface area (TPSA) is 45.3 Å². The zero-order valence-electron chi connectivity index (χ0n) is 11.9. The Hall–Kier alpha value is -1.71. The van der Waals surface area contributed by atoms with E-state index in [1.165, 1.54) is 25.7 Å². The van der Waals surface area contributed by atoms with Gasteiger partial charge in [0.05, 0.1) is 0 Å². The normalized spacial score (nSPS) is 10.8. The molecule has 1 heterocycles. The molecular formula is C15H24N3O+. The van der Waals surface area contributed by atoms with E-state index in [0.29, 0.717) is 5.56 Å². The zero-order chi connectivity index (χ0) is 13.9. The van der Waals surface area contributed by atoms with Crippen molar-refractivity contribution in [3.63, 3.8) is 0 Å². The molecule has 0 unspecified atom stereocenters. The molecule has 19 heavy (non-hydrogen) atoms. The second-order valence-corrected chi connectivity index (χ2v) is 4.71. The van der Waals surface area contributed by atoms with Gasteiger partial charge in [0, 0.05) is 12.3 Å². The standard InChI is InChI=1S/C15H23N3O/c1-3-4-5-6-7-8-11-16-17-15(19)14-10-9-12-18(2)13-14/h9-13H,3-8H2,1-2H3/p+1/b16-11-. The molecule has 0 saturated carbocycles. The van der Waals surface area contributed by atoms with Crippen molar-refractivity contribution in [2.45, 2.75) is 45.4 Å². The van der Waals surface area contributed by atoms with E-state index in [9.17, 15) is 4.79 Å². The van der Waals surface area contributed by atoms with E-state index in [1.807, 2.05) is 23.9 Å². The van der Waals surface area contributed by atoms with Crippen molar-refractivity contribution in [1.29, 1.82) is 0 Å². The molecule has 0 aliphatic rings. The summed E-state index contributed by atoms with van der Waals surface area (Å²) in [6.07, 6.45) is 12.6. The fraction of sp³-hybridized carbons (Fsp3) is 0.533. The van der Waals surface area contributed by atoms with Gasteiger partial charge in [-0.1, -0.05) is 32.6 Å². The maximum Gasteiger partial charge on any atom is 0.277 e. The first-order chi connectivity index (χ1) is 9.24. The lowest BCUT2D eigenvalue weighted by molar-refractivity contribution is -0.671. The van der Waals surface area contributed by atoms with E-state index >= 15 is 0 Å². The number of unbranched alkanes of at least 4 members (excludes halogenated alkanes) is 5. The molecule has 0 aliphatic heterocycles. The molecule has 0 spiro atoms. The van der Waals surface area contributed by atoms with Crippen molar-refractivity contribution in [2.75, 3.05) is 0 Å². The van der Waals surface area contributed by atoms with Crippen LogP contribution in [0.25, 0.3) is 0 Å². The summed E-state index contributed by atoms with van der Waals surface area (Å²) in [5.41, 5.74) is 3.16. The third kappa shape index (κ3) is 6.70. The number of nitrogens with zero attached hydrogens (tertiary/aromatic N) is 2. The van der Waals surface area contributed by atoms with Crippen LogP contribution in [0.3, 0.4) is 0 Å². The molecule has 104 valence electrons. The minimum absolute atomic E-state index is 0.168. The van der Waals surface area contributed by atoms with Crippen LogP contribution in [0, 0.1) is 0 Å². The molecule has 0 radical (unpaired) electrons. The van der Waals surface area contributed by atoms with Crippen molar-refractivity contribution >= 4 is 12.1 Å². The molecule has 1 amide bonds. The van der Waals surface area contributed by atoms with Crippen molar-refractivity contribution < 1.29 is 9.36 Å². The average molecular weight is 262 g/mol. The first-order valence-electron chi connectivity index (χ1n) is 7.01. The first-order valence-corrected chi connectivity index (χ1v) is 7.01.